The summed E-state index contributed by atoms with van der Waals surface area (Å²) < 4.78 is 70.5. The van der Waals surface area contributed by atoms with Crippen LogP contribution in [0.2, 0.25) is 0 Å². The third-order valence-electron chi connectivity index (χ3n) is 3.69. The molecule has 0 amide bonds. The first-order valence-electron chi connectivity index (χ1n) is 7.48. The predicted molar refractivity (Wildman–Crippen MR) is 82.5 cm³/mol. The number of hydrogen-bond acceptors (Lipinski definition) is 6. The van der Waals surface area contributed by atoms with Crippen molar-refractivity contribution in [2.45, 2.75) is 31.5 Å². The van der Waals surface area contributed by atoms with E-state index in [0.717, 1.165) is 23.6 Å². The number of halogens is 5. The lowest BCUT2D eigenvalue weighted by atomic mass is 10.1. The molecule has 11 heteroatoms. The van der Waals surface area contributed by atoms with Crippen LogP contribution in [-0.2, 0) is 0 Å². The minimum absolute atomic E-state index is 0.0433. The maximum atomic E-state index is 13.3. The van der Waals surface area contributed by atoms with Crippen molar-refractivity contribution in [2.75, 3.05) is 5.32 Å². The van der Waals surface area contributed by atoms with Crippen LogP contribution < -0.4 is 10.1 Å². The number of anilines is 1. The predicted octanol–water partition coefficient (Wildman–Crippen LogP) is 4.45. The van der Waals surface area contributed by atoms with E-state index in [1.165, 1.54) is 11.6 Å². The van der Waals surface area contributed by atoms with Crippen LogP contribution in [0.15, 0.2) is 23.8 Å². The van der Waals surface area contributed by atoms with Gasteiger partial charge in [0.05, 0.1) is 11.8 Å². The van der Waals surface area contributed by atoms with Crippen LogP contribution in [0.1, 0.15) is 34.6 Å². The highest BCUT2D eigenvalue weighted by Gasteiger charge is 2.49. The Kier molecular flexibility index (Phi) is 5.08. The second kappa shape index (κ2) is 7.14. The highest BCUT2D eigenvalue weighted by molar-refractivity contribution is 7.11. The molecule has 1 saturated carbocycles. The van der Waals surface area contributed by atoms with E-state index >= 15 is 0 Å². The Hall–Kier alpha value is -2.30. The number of aromatic nitrogens is 2. The summed E-state index contributed by atoms with van der Waals surface area (Å²) in [6, 6.07) is -1.10. The van der Waals surface area contributed by atoms with Crippen LogP contribution in [0.4, 0.5) is 27.8 Å². The molecule has 140 valence electrons. The van der Waals surface area contributed by atoms with E-state index < -0.39 is 41.8 Å². The van der Waals surface area contributed by atoms with Gasteiger partial charge in [-0.1, -0.05) is 0 Å². The second-order valence-electron chi connectivity index (χ2n) is 5.64. The molecule has 5 nitrogen and oxygen atoms in total. The summed E-state index contributed by atoms with van der Waals surface area (Å²) in [7, 11) is 0. The maximum Gasteiger partial charge on any atom is 0.408 e. The first kappa shape index (κ1) is 18.5. The van der Waals surface area contributed by atoms with E-state index in [1.54, 1.807) is 0 Å². The van der Waals surface area contributed by atoms with Gasteiger partial charge in [-0.05, 0) is 24.8 Å². The number of hydrogen-bond donors (Lipinski definition) is 1. The third-order valence-corrected chi connectivity index (χ3v) is 4.44. The van der Waals surface area contributed by atoms with Gasteiger partial charge < -0.3 is 10.1 Å². The van der Waals surface area contributed by atoms with Crippen LogP contribution in [-0.4, -0.2) is 28.2 Å². The Bertz CT molecular complexity index is 778. The first-order valence-corrected chi connectivity index (χ1v) is 8.36. The van der Waals surface area contributed by atoms with Gasteiger partial charge in [-0.3, -0.25) is 0 Å². The molecule has 2 heterocycles. The van der Waals surface area contributed by atoms with Crippen LogP contribution in [0.25, 0.3) is 0 Å². The molecular formula is C15H12F5N3O2S. The first-order chi connectivity index (χ1) is 12.3. The third kappa shape index (κ3) is 4.26. The number of pyridine rings is 1. The molecule has 1 N–H and O–H groups in total. The van der Waals surface area contributed by atoms with Crippen molar-refractivity contribution < 1.29 is 31.5 Å². The van der Waals surface area contributed by atoms with Gasteiger partial charge in [-0.25, -0.2) is 23.5 Å². The molecule has 0 saturated heterocycles. The van der Waals surface area contributed by atoms with Crippen molar-refractivity contribution in [3.63, 3.8) is 0 Å². The number of rotatable bonds is 6. The molecule has 1 aliphatic carbocycles. The molecule has 2 aromatic rings. The van der Waals surface area contributed by atoms with Crippen molar-refractivity contribution in [1.29, 1.82) is 0 Å². The lowest BCUT2D eigenvalue weighted by Gasteiger charge is -2.22. The van der Waals surface area contributed by atoms with Crippen molar-refractivity contribution in [2.24, 2.45) is 5.92 Å². The molecule has 0 unspecified atom stereocenters. The van der Waals surface area contributed by atoms with E-state index in [1.807, 2.05) is 0 Å². The largest absolute Gasteiger partial charge is 0.419 e. The number of alkyl halides is 5. The smallest absolute Gasteiger partial charge is 0.408 e. The average Bonchev–Trinajstić information content (AvgIpc) is 3.24. The summed E-state index contributed by atoms with van der Waals surface area (Å²) in [5.74, 6) is -2.44. The van der Waals surface area contributed by atoms with Crippen molar-refractivity contribution in [3.05, 3.63) is 34.4 Å². The highest BCUT2D eigenvalue weighted by atomic mass is 32.1. The number of thiazole rings is 1. The second-order valence-corrected chi connectivity index (χ2v) is 6.53. The summed E-state index contributed by atoms with van der Waals surface area (Å²) in [5.41, 5.74) is -0.732. The Morgan fingerprint density at radius 1 is 1.31 bits per heavy atom. The fraction of sp³-hybridized carbons (Fsp3) is 0.400. The standard InChI is InChI=1S/C15H12F5N3O2S/c16-12(17)8-5-10(23-11(7-1-2-7)15(18,19)20)22-6-9(8)25-14(24)13-21-3-4-26-13/h3-7,11-12H,1-2H2,(H,22,23)/t11-/m0/s1. The van der Waals surface area contributed by atoms with Crippen LogP contribution in [0.3, 0.4) is 0 Å². The molecule has 0 aliphatic heterocycles. The number of nitrogens with zero attached hydrogens (tertiary/aromatic N) is 2. The normalized spacial score (nSPS) is 15.8. The van der Waals surface area contributed by atoms with Crippen LogP contribution in [0, 0.1) is 5.92 Å². The SMILES string of the molecule is O=C(Oc1cnc(N[C@@H](C2CC2)C(F)(F)F)cc1C(F)F)c1nccs1. The number of carbonyl (C=O) groups excluding carboxylic acids is 1. The molecule has 2 aromatic heterocycles. The lowest BCUT2D eigenvalue weighted by Crippen LogP contribution is -2.38. The van der Waals surface area contributed by atoms with Gasteiger partial charge in [-0.2, -0.15) is 13.2 Å². The Morgan fingerprint density at radius 3 is 2.58 bits per heavy atom. The maximum absolute atomic E-state index is 13.3. The topological polar surface area (TPSA) is 64.1 Å². The van der Waals surface area contributed by atoms with E-state index in [9.17, 15) is 26.7 Å². The van der Waals surface area contributed by atoms with Gasteiger partial charge in [-0.15, -0.1) is 11.3 Å². The van der Waals surface area contributed by atoms with Gasteiger partial charge in [0.1, 0.15) is 11.9 Å². The zero-order chi connectivity index (χ0) is 18.9. The van der Waals surface area contributed by atoms with Gasteiger partial charge in [0, 0.05) is 11.6 Å². The Labute approximate surface area is 148 Å². The van der Waals surface area contributed by atoms with Crippen molar-refractivity contribution >= 4 is 23.1 Å². The number of nitrogens with one attached hydrogen (secondary N) is 1. The van der Waals surface area contributed by atoms with E-state index in [4.69, 9.17) is 4.74 Å². The molecule has 3 rings (SSSR count). The van der Waals surface area contributed by atoms with Gasteiger partial charge >= 0.3 is 12.1 Å². The summed E-state index contributed by atoms with van der Waals surface area (Å²) in [5, 5.41) is 3.63. The molecule has 1 fully saturated rings. The molecular weight excluding hydrogens is 381 g/mol. The summed E-state index contributed by atoms with van der Waals surface area (Å²) in [4.78, 5) is 19.2. The Morgan fingerprint density at radius 2 is 2.04 bits per heavy atom. The number of carbonyl (C=O) groups is 1. The lowest BCUT2D eigenvalue weighted by molar-refractivity contribution is -0.146. The summed E-state index contributed by atoms with van der Waals surface area (Å²) in [6.45, 7) is 0. The molecule has 0 spiro atoms. The van der Waals surface area contributed by atoms with E-state index in [0.29, 0.717) is 12.8 Å². The fourth-order valence-corrected chi connectivity index (χ4v) is 2.83. The van der Waals surface area contributed by atoms with Crippen molar-refractivity contribution in [1.82, 2.24) is 9.97 Å². The zero-order valence-corrected chi connectivity index (χ0v) is 13.8. The monoisotopic (exact) mass is 393 g/mol. The van der Waals surface area contributed by atoms with Gasteiger partial charge in [0.15, 0.2) is 5.75 Å². The minimum atomic E-state index is -4.52. The summed E-state index contributed by atoms with van der Waals surface area (Å²) in [6.07, 6.45) is -4.64. The Balaban J connectivity index is 1.81. The molecule has 26 heavy (non-hydrogen) atoms. The fourth-order valence-electron chi connectivity index (χ4n) is 2.32. The quantitative estimate of drug-likeness (QED) is 0.580. The highest BCUT2D eigenvalue weighted by Crippen LogP contribution is 2.42. The number of esters is 1. The van der Waals surface area contributed by atoms with Crippen LogP contribution >= 0.6 is 11.3 Å². The van der Waals surface area contributed by atoms with Gasteiger partial charge in [0.2, 0.25) is 5.01 Å². The average molecular weight is 393 g/mol. The summed E-state index contributed by atoms with van der Waals surface area (Å²) >= 11 is 0.958. The van der Waals surface area contributed by atoms with Gasteiger partial charge in [0.25, 0.3) is 6.43 Å². The van der Waals surface area contributed by atoms with E-state index in [-0.39, 0.29) is 10.8 Å². The molecule has 0 bridgehead atoms. The number of ether oxygens (including phenoxy) is 1. The van der Waals surface area contributed by atoms with E-state index in [2.05, 4.69) is 15.3 Å². The molecule has 0 aromatic carbocycles. The van der Waals surface area contributed by atoms with Crippen molar-refractivity contribution in [3.8, 4) is 5.75 Å². The molecule has 1 aliphatic rings. The zero-order valence-electron chi connectivity index (χ0n) is 13.0. The molecule has 1 atom stereocenters. The van der Waals surface area contributed by atoms with Crippen LogP contribution in [0.5, 0.6) is 5.75 Å². The minimum Gasteiger partial charge on any atom is -0.419 e. The molecule has 0 radical (unpaired) electrons.